The molecule has 1 saturated heterocycles. The Labute approximate surface area is 167 Å². The van der Waals surface area contributed by atoms with Gasteiger partial charge in [-0.3, -0.25) is 0 Å². The molecule has 0 spiro atoms. The number of anilines is 1. The normalized spacial score (nSPS) is 16.4. The van der Waals surface area contributed by atoms with Gasteiger partial charge in [0.15, 0.2) is 0 Å². The number of aliphatic hydroxyl groups is 1. The van der Waals surface area contributed by atoms with Crippen LogP contribution in [0.4, 0.5) is 5.82 Å². The molecule has 0 aliphatic carbocycles. The Kier molecular flexibility index (Phi) is 4.18. The van der Waals surface area contributed by atoms with Gasteiger partial charge in [0.2, 0.25) is 0 Å². The molecule has 0 unspecified atom stereocenters. The van der Waals surface area contributed by atoms with Gasteiger partial charge in [0.1, 0.15) is 40.7 Å². The van der Waals surface area contributed by atoms with E-state index in [4.69, 9.17) is 10.2 Å². The van der Waals surface area contributed by atoms with Crippen LogP contribution in [-0.4, -0.2) is 42.7 Å². The molecule has 29 heavy (non-hydrogen) atoms. The minimum atomic E-state index is -0.664. The van der Waals surface area contributed by atoms with Gasteiger partial charge in [-0.25, -0.2) is 15.0 Å². The molecular formula is C21H21N7O. The number of H-pyrrole nitrogens is 1. The van der Waals surface area contributed by atoms with Crippen LogP contribution in [0.25, 0.3) is 22.1 Å². The number of aliphatic hydroxyl groups excluding tert-OH is 1. The van der Waals surface area contributed by atoms with Crippen LogP contribution in [0, 0.1) is 11.3 Å². The van der Waals surface area contributed by atoms with Crippen molar-refractivity contribution in [3.05, 3.63) is 48.2 Å². The van der Waals surface area contributed by atoms with Gasteiger partial charge in [0.05, 0.1) is 11.7 Å². The number of nitrogens with one attached hydrogen (secondary N) is 1. The lowest BCUT2D eigenvalue weighted by molar-refractivity contribution is 0.179. The van der Waals surface area contributed by atoms with Crippen molar-refractivity contribution in [3.8, 4) is 6.07 Å². The number of nitriles is 1. The predicted octanol–water partition coefficient (Wildman–Crippen LogP) is 3.07. The minimum Gasteiger partial charge on any atom is -0.385 e. The van der Waals surface area contributed by atoms with E-state index in [1.165, 1.54) is 0 Å². The van der Waals surface area contributed by atoms with Crippen LogP contribution in [0.15, 0.2) is 36.7 Å². The number of aromatic amines is 1. The molecule has 0 amide bonds. The molecule has 0 radical (unpaired) electrons. The smallest absolute Gasteiger partial charge is 0.142 e. The second-order valence-electron chi connectivity index (χ2n) is 7.46. The third-order valence-electron chi connectivity index (χ3n) is 5.64. The first-order valence-corrected chi connectivity index (χ1v) is 9.80. The molecule has 1 fully saturated rings. The van der Waals surface area contributed by atoms with E-state index in [2.05, 4.69) is 30.5 Å². The maximum atomic E-state index is 10.4. The summed E-state index contributed by atoms with van der Waals surface area (Å²) in [6, 6.07) is 9.89. The number of fused-ring (bicyclic) bond motifs is 3. The summed E-state index contributed by atoms with van der Waals surface area (Å²) in [5.41, 5.74) is 3.09. The summed E-state index contributed by atoms with van der Waals surface area (Å²) in [5, 5.41) is 20.5. The lowest BCUT2D eigenvalue weighted by atomic mass is 10.0. The summed E-state index contributed by atoms with van der Waals surface area (Å²) in [6.07, 6.45) is 4.79. The molecule has 4 aromatic heterocycles. The number of nitrogens with zero attached hydrogens (tertiary/aromatic N) is 6. The molecule has 1 atom stereocenters. The minimum absolute atomic E-state index is 0.223. The Morgan fingerprint density at radius 2 is 2.07 bits per heavy atom. The molecule has 0 aromatic carbocycles. The van der Waals surface area contributed by atoms with Crippen LogP contribution in [0.1, 0.15) is 43.4 Å². The molecule has 146 valence electrons. The highest BCUT2D eigenvalue weighted by Crippen LogP contribution is 2.34. The van der Waals surface area contributed by atoms with Crippen LogP contribution in [-0.2, 0) is 0 Å². The van der Waals surface area contributed by atoms with Crippen molar-refractivity contribution in [2.24, 2.45) is 0 Å². The summed E-state index contributed by atoms with van der Waals surface area (Å²) in [5.74, 6) is 1.52. The van der Waals surface area contributed by atoms with Crippen LogP contribution < -0.4 is 4.90 Å². The molecule has 0 bridgehead atoms. The van der Waals surface area contributed by atoms with E-state index in [1.54, 1.807) is 19.2 Å². The fourth-order valence-corrected chi connectivity index (χ4v) is 4.29. The predicted molar refractivity (Wildman–Crippen MR) is 109 cm³/mol. The van der Waals surface area contributed by atoms with E-state index in [0.717, 1.165) is 53.8 Å². The first kappa shape index (κ1) is 17.6. The van der Waals surface area contributed by atoms with Crippen LogP contribution in [0.5, 0.6) is 0 Å². The van der Waals surface area contributed by atoms with Gasteiger partial charge in [-0.1, -0.05) is 6.07 Å². The highest BCUT2D eigenvalue weighted by Gasteiger charge is 2.27. The summed E-state index contributed by atoms with van der Waals surface area (Å²) in [6.45, 7) is 3.41. The molecule has 1 aliphatic rings. The topological polar surface area (TPSA) is 107 Å². The fourth-order valence-electron chi connectivity index (χ4n) is 4.29. The van der Waals surface area contributed by atoms with E-state index in [1.807, 2.05) is 24.4 Å². The Hall–Kier alpha value is -3.44. The van der Waals surface area contributed by atoms with E-state index in [-0.39, 0.29) is 6.04 Å². The standard InChI is InChI=1S/C21H21N7O/c1-13(29)21-26-17-12-24-20-16(5-8-23-20)19(17)28(21)15-6-9-27(10-7-15)18-4-2-3-14(11-22)25-18/h2-5,8,12-13,15,29H,6-7,9-10H2,1H3,(H,23,24)/t13-/m1/s1. The summed E-state index contributed by atoms with van der Waals surface area (Å²) in [4.78, 5) is 18.9. The van der Waals surface area contributed by atoms with Crippen molar-refractivity contribution < 1.29 is 5.11 Å². The molecular weight excluding hydrogens is 366 g/mol. The van der Waals surface area contributed by atoms with Crippen LogP contribution in [0.2, 0.25) is 0 Å². The van der Waals surface area contributed by atoms with Gasteiger partial charge < -0.3 is 19.6 Å². The second kappa shape index (κ2) is 6.87. The summed E-state index contributed by atoms with van der Waals surface area (Å²) in [7, 11) is 0. The third kappa shape index (κ3) is 2.91. The van der Waals surface area contributed by atoms with Gasteiger partial charge in [-0.05, 0) is 38.0 Å². The molecule has 8 heteroatoms. The quantitative estimate of drug-likeness (QED) is 0.559. The van der Waals surface area contributed by atoms with Gasteiger partial charge in [0, 0.05) is 30.7 Å². The van der Waals surface area contributed by atoms with Gasteiger partial charge in [0.25, 0.3) is 0 Å². The van der Waals surface area contributed by atoms with Crippen molar-refractivity contribution in [1.82, 2.24) is 24.5 Å². The summed E-state index contributed by atoms with van der Waals surface area (Å²) < 4.78 is 2.20. The van der Waals surface area contributed by atoms with E-state index >= 15 is 0 Å². The van der Waals surface area contributed by atoms with Gasteiger partial charge in [-0.15, -0.1) is 0 Å². The Bertz CT molecular complexity index is 1230. The molecule has 2 N–H and O–H groups in total. The lowest BCUT2D eigenvalue weighted by Gasteiger charge is -2.34. The molecule has 4 aromatic rings. The first-order chi connectivity index (χ1) is 14.2. The zero-order chi connectivity index (χ0) is 20.0. The number of imidazole rings is 1. The SMILES string of the molecule is C[C@@H](O)c1nc2cnc3[nH]ccc3c2n1C1CCN(c2cccc(C#N)n2)CC1. The van der Waals surface area contributed by atoms with Crippen molar-refractivity contribution in [2.45, 2.75) is 31.9 Å². The average molecular weight is 387 g/mol. The monoisotopic (exact) mass is 387 g/mol. The average Bonchev–Trinajstić information content (AvgIpc) is 3.38. The van der Waals surface area contributed by atoms with E-state index in [0.29, 0.717) is 11.5 Å². The van der Waals surface area contributed by atoms with Crippen LogP contribution >= 0.6 is 0 Å². The molecule has 0 saturated carbocycles. The molecule has 8 nitrogen and oxygen atoms in total. The Morgan fingerprint density at radius 3 is 2.83 bits per heavy atom. The zero-order valence-electron chi connectivity index (χ0n) is 16.1. The number of hydrogen-bond donors (Lipinski definition) is 2. The second-order valence-corrected chi connectivity index (χ2v) is 7.46. The zero-order valence-corrected chi connectivity index (χ0v) is 16.1. The van der Waals surface area contributed by atoms with Gasteiger partial charge >= 0.3 is 0 Å². The van der Waals surface area contributed by atoms with Crippen molar-refractivity contribution in [1.29, 1.82) is 5.26 Å². The lowest BCUT2D eigenvalue weighted by Crippen LogP contribution is -2.35. The molecule has 5 heterocycles. The maximum absolute atomic E-state index is 10.4. The highest BCUT2D eigenvalue weighted by molar-refractivity contribution is 6.01. The number of aromatic nitrogens is 5. The van der Waals surface area contributed by atoms with Gasteiger partial charge in [-0.2, -0.15) is 5.26 Å². The van der Waals surface area contributed by atoms with Crippen LogP contribution in [0.3, 0.4) is 0 Å². The Morgan fingerprint density at radius 1 is 1.24 bits per heavy atom. The fraction of sp³-hybridized carbons (Fsp3) is 0.333. The van der Waals surface area contributed by atoms with E-state index in [9.17, 15) is 5.11 Å². The highest BCUT2D eigenvalue weighted by atomic mass is 16.3. The first-order valence-electron chi connectivity index (χ1n) is 9.80. The number of pyridine rings is 2. The van der Waals surface area contributed by atoms with Crippen molar-refractivity contribution in [2.75, 3.05) is 18.0 Å². The largest absolute Gasteiger partial charge is 0.385 e. The third-order valence-corrected chi connectivity index (χ3v) is 5.64. The molecule has 5 rings (SSSR count). The number of rotatable bonds is 3. The Balaban J connectivity index is 1.51. The van der Waals surface area contributed by atoms with Crippen molar-refractivity contribution >= 4 is 27.9 Å². The number of piperidine rings is 1. The maximum Gasteiger partial charge on any atom is 0.142 e. The summed E-state index contributed by atoms with van der Waals surface area (Å²) >= 11 is 0. The number of hydrogen-bond acceptors (Lipinski definition) is 6. The van der Waals surface area contributed by atoms with Crippen molar-refractivity contribution in [3.63, 3.8) is 0 Å². The molecule has 1 aliphatic heterocycles. The van der Waals surface area contributed by atoms with E-state index < -0.39 is 6.10 Å².